The average molecular weight is 252 g/mol. The molecule has 0 atom stereocenters. The van der Waals surface area contributed by atoms with E-state index in [-0.39, 0.29) is 6.42 Å². The Kier molecular flexibility index (Phi) is 3.15. The Bertz CT molecular complexity index is 545. The summed E-state index contributed by atoms with van der Waals surface area (Å²) in [6, 6.07) is 7.01. The van der Waals surface area contributed by atoms with Crippen molar-refractivity contribution in [3.05, 3.63) is 40.7 Å². The molecule has 0 radical (unpaired) electrons. The summed E-state index contributed by atoms with van der Waals surface area (Å²) < 4.78 is 5.42. The molecule has 0 saturated carbocycles. The summed E-state index contributed by atoms with van der Waals surface area (Å²) in [6.07, 6.45) is -0.136. The van der Waals surface area contributed by atoms with Gasteiger partial charge >= 0.3 is 5.97 Å². The minimum absolute atomic E-state index is 0.136. The maximum Gasteiger partial charge on any atom is 0.309 e. The monoisotopic (exact) mass is 251 g/mol. The molecule has 0 unspecified atom stereocenters. The predicted molar refractivity (Wildman–Crippen MR) is 63.0 cm³/mol. The van der Waals surface area contributed by atoms with Gasteiger partial charge in [-0.3, -0.25) is 4.79 Å². The maximum absolute atomic E-state index is 10.6. The van der Waals surface area contributed by atoms with Crippen molar-refractivity contribution in [1.29, 1.82) is 0 Å². The summed E-state index contributed by atoms with van der Waals surface area (Å²) in [7, 11) is 0. The van der Waals surface area contributed by atoms with Crippen molar-refractivity contribution in [2.75, 3.05) is 0 Å². The molecule has 0 aliphatic rings. The molecular weight excluding hydrogens is 242 g/mol. The van der Waals surface area contributed by atoms with Crippen LogP contribution in [0.3, 0.4) is 0 Å². The van der Waals surface area contributed by atoms with Gasteiger partial charge in [0.1, 0.15) is 5.76 Å². The number of benzene rings is 1. The second-order valence-corrected chi connectivity index (χ2v) is 4.04. The molecule has 4 nitrogen and oxygen atoms in total. The lowest BCUT2D eigenvalue weighted by Crippen LogP contribution is -2.01. The van der Waals surface area contributed by atoms with E-state index in [1.807, 2.05) is 0 Å². The van der Waals surface area contributed by atoms with Gasteiger partial charge < -0.3 is 9.52 Å². The van der Waals surface area contributed by atoms with Crippen LogP contribution < -0.4 is 0 Å². The third-order valence-electron chi connectivity index (χ3n) is 2.30. The van der Waals surface area contributed by atoms with Crippen molar-refractivity contribution in [3.8, 4) is 11.5 Å². The molecule has 2 aromatic rings. The van der Waals surface area contributed by atoms with Crippen LogP contribution in [-0.2, 0) is 11.2 Å². The fraction of sp³-hybridized carbons (Fsp3) is 0.167. The van der Waals surface area contributed by atoms with Gasteiger partial charge in [0, 0.05) is 10.6 Å². The third-order valence-corrected chi connectivity index (χ3v) is 2.55. The summed E-state index contributed by atoms with van der Waals surface area (Å²) in [5.41, 5.74) is 1.22. The van der Waals surface area contributed by atoms with Crippen molar-refractivity contribution >= 4 is 17.6 Å². The number of oxazole rings is 1. The van der Waals surface area contributed by atoms with Crippen LogP contribution in [0.5, 0.6) is 0 Å². The highest BCUT2D eigenvalue weighted by atomic mass is 35.5. The second kappa shape index (κ2) is 4.59. The van der Waals surface area contributed by atoms with Crippen LogP contribution in [0.2, 0.25) is 5.02 Å². The van der Waals surface area contributed by atoms with Crippen LogP contribution in [-0.4, -0.2) is 16.1 Å². The van der Waals surface area contributed by atoms with E-state index in [0.29, 0.717) is 22.4 Å². The van der Waals surface area contributed by atoms with Crippen molar-refractivity contribution in [2.45, 2.75) is 13.3 Å². The molecule has 0 bridgehead atoms. The summed E-state index contributed by atoms with van der Waals surface area (Å²) in [5.74, 6) is 0.0109. The molecule has 88 valence electrons. The number of halogens is 1. The first kappa shape index (κ1) is 11.7. The lowest BCUT2D eigenvalue weighted by molar-refractivity contribution is -0.136. The minimum atomic E-state index is -0.927. The van der Waals surface area contributed by atoms with Gasteiger partial charge in [-0.15, -0.1) is 0 Å². The highest BCUT2D eigenvalue weighted by Gasteiger charge is 2.13. The second-order valence-electron chi connectivity index (χ2n) is 3.60. The number of hydrogen-bond acceptors (Lipinski definition) is 3. The number of nitrogens with zero attached hydrogens (tertiary/aromatic N) is 1. The summed E-state index contributed by atoms with van der Waals surface area (Å²) in [6.45, 7) is 1.70. The Labute approximate surface area is 103 Å². The fourth-order valence-corrected chi connectivity index (χ4v) is 1.58. The van der Waals surface area contributed by atoms with E-state index in [4.69, 9.17) is 21.1 Å². The Morgan fingerprint density at radius 1 is 1.41 bits per heavy atom. The Morgan fingerprint density at radius 3 is 2.65 bits per heavy atom. The molecule has 17 heavy (non-hydrogen) atoms. The first-order valence-corrected chi connectivity index (χ1v) is 5.38. The van der Waals surface area contributed by atoms with E-state index < -0.39 is 5.97 Å². The van der Waals surface area contributed by atoms with E-state index in [2.05, 4.69) is 4.98 Å². The molecule has 0 amide bonds. The largest absolute Gasteiger partial charge is 0.481 e. The Balaban J connectivity index is 2.34. The van der Waals surface area contributed by atoms with Gasteiger partial charge in [0.15, 0.2) is 0 Å². The van der Waals surface area contributed by atoms with Crippen molar-refractivity contribution in [3.63, 3.8) is 0 Å². The molecule has 2 rings (SSSR count). The average Bonchev–Trinajstić information content (AvgIpc) is 2.60. The van der Waals surface area contributed by atoms with Gasteiger partial charge in [0.25, 0.3) is 0 Å². The number of carboxylic acids is 1. The molecule has 0 aliphatic heterocycles. The quantitative estimate of drug-likeness (QED) is 0.911. The van der Waals surface area contributed by atoms with E-state index in [1.54, 1.807) is 31.2 Å². The summed E-state index contributed by atoms with van der Waals surface area (Å²) in [4.78, 5) is 14.8. The number of rotatable bonds is 3. The molecule has 0 fully saturated rings. The fourth-order valence-electron chi connectivity index (χ4n) is 1.45. The zero-order valence-electron chi connectivity index (χ0n) is 9.11. The standard InChI is InChI=1S/C12H10ClNO3/c1-7-10(6-11(15)16)14-12(17-7)8-2-4-9(13)5-3-8/h2-5H,6H2,1H3,(H,15,16). The molecule has 1 N–H and O–H groups in total. The zero-order chi connectivity index (χ0) is 12.4. The van der Waals surface area contributed by atoms with E-state index >= 15 is 0 Å². The third kappa shape index (κ3) is 2.65. The SMILES string of the molecule is Cc1oc(-c2ccc(Cl)cc2)nc1CC(=O)O. The number of carbonyl (C=O) groups is 1. The molecule has 0 saturated heterocycles. The highest BCUT2D eigenvalue weighted by molar-refractivity contribution is 6.30. The van der Waals surface area contributed by atoms with Gasteiger partial charge in [0.05, 0.1) is 12.1 Å². The van der Waals surface area contributed by atoms with Crippen LogP contribution >= 0.6 is 11.6 Å². The number of aromatic nitrogens is 1. The van der Waals surface area contributed by atoms with Crippen molar-refractivity contribution < 1.29 is 14.3 Å². The van der Waals surface area contributed by atoms with Crippen LogP contribution in [0.1, 0.15) is 11.5 Å². The van der Waals surface area contributed by atoms with Crippen LogP contribution in [0.4, 0.5) is 0 Å². The molecule has 1 heterocycles. The summed E-state index contributed by atoms with van der Waals surface area (Å²) in [5, 5.41) is 9.34. The van der Waals surface area contributed by atoms with E-state index in [0.717, 1.165) is 5.56 Å². The van der Waals surface area contributed by atoms with Crippen molar-refractivity contribution in [2.24, 2.45) is 0 Å². The Morgan fingerprint density at radius 2 is 2.06 bits per heavy atom. The van der Waals surface area contributed by atoms with Crippen LogP contribution in [0.25, 0.3) is 11.5 Å². The lowest BCUT2D eigenvalue weighted by Gasteiger charge is -1.94. The smallest absolute Gasteiger partial charge is 0.309 e. The molecule has 1 aromatic heterocycles. The van der Waals surface area contributed by atoms with E-state index in [9.17, 15) is 4.79 Å². The molecular formula is C12H10ClNO3. The number of hydrogen-bond donors (Lipinski definition) is 1. The number of aliphatic carboxylic acids is 1. The van der Waals surface area contributed by atoms with Gasteiger partial charge in [0.2, 0.25) is 5.89 Å². The molecule has 1 aromatic carbocycles. The van der Waals surface area contributed by atoms with Gasteiger partial charge in [-0.05, 0) is 31.2 Å². The molecule has 5 heteroatoms. The zero-order valence-corrected chi connectivity index (χ0v) is 9.86. The lowest BCUT2D eigenvalue weighted by atomic mass is 10.2. The van der Waals surface area contributed by atoms with Crippen LogP contribution in [0.15, 0.2) is 28.7 Å². The molecule has 0 spiro atoms. The first-order valence-electron chi connectivity index (χ1n) is 5.00. The van der Waals surface area contributed by atoms with Gasteiger partial charge in [-0.25, -0.2) is 4.98 Å². The minimum Gasteiger partial charge on any atom is -0.481 e. The topological polar surface area (TPSA) is 63.3 Å². The Hall–Kier alpha value is -1.81. The highest BCUT2D eigenvalue weighted by Crippen LogP contribution is 2.23. The predicted octanol–water partition coefficient (Wildman–Crippen LogP) is 2.93. The maximum atomic E-state index is 10.6. The number of carboxylic acid groups (broad SMARTS) is 1. The summed E-state index contributed by atoms with van der Waals surface area (Å²) >= 11 is 5.78. The molecule has 0 aliphatic carbocycles. The van der Waals surface area contributed by atoms with Gasteiger partial charge in [-0.2, -0.15) is 0 Å². The van der Waals surface area contributed by atoms with Crippen molar-refractivity contribution in [1.82, 2.24) is 4.98 Å². The number of aryl methyl sites for hydroxylation is 1. The first-order chi connectivity index (χ1) is 8.06. The van der Waals surface area contributed by atoms with Gasteiger partial charge in [-0.1, -0.05) is 11.6 Å². The normalized spacial score (nSPS) is 10.5. The van der Waals surface area contributed by atoms with Crippen LogP contribution in [0, 0.1) is 6.92 Å². The van der Waals surface area contributed by atoms with E-state index in [1.165, 1.54) is 0 Å².